The molecule has 2 heterocycles. The molecule has 6 nitrogen and oxygen atoms in total. The lowest BCUT2D eigenvalue weighted by atomic mass is 10.3. The van der Waals surface area contributed by atoms with Crippen LogP contribution in [0.2, 0.25) is 31.0 Å². The smallest absolute Gasteiger partial charge is 0.436 e. The number of halogens is 4. The first-order valence-electron chi connectivity index (χ1n) is 7.16. The van der Waals surface area contributed by atoms with Gasteiger partial charge in [0.15, 0.2) is 11.3 Å². The Balaban J connectivity index is 2.38. The van der Waals surface area contributed by atoms with Crippen molar-refractivity contribution in [3.05, 3.63) is 11.0 Å². The third kappa shape index (κ3) is 4.36. The first kappa shape index (κ1) is 18.9. The molecule has 0 fully saturated rings. The largest absolute Gasteiger partial charge is 0.480 e. The van der Waals surface area contributed by atoms with Crippen LogP contribution in [0.25, 0.3) is 11.0 Å². The number of aromatic nitrogens is 4. The van der Waals surface area contributed by atoms with Gasteiger partial charge in [0, 0.05) is 14.7 Å². The first-order chi connectivity index (χ1) is 11.0. The minimum absolute atomic E-state index is 0.0767. The molecule has 2 rings (SSSR count). The van der Waals surface area contributed by atoms with Gasteiger partial charge in [-0.05, 0) is 17.6 Å². The first-order valence-corrected chi connectivity index (χ1v) is 11.2. The summed E-state index contributed by atoms with van der Waals surface area (Å²) >= 11 is 5.76. The third-order valence-electron chi connectivity index (χ3n) is 3.20. The van der Waals surface area contributed by atoms with E-state index in [-0.39, 0.29) is 28.9 Å². The molecule has 0 amide bonds. The molecular formula is C13H18ClF3N4O2Si. The fraction of sp³-hybridized carbons (Fsp3) is 0.615. The van der Waals surface area contributed by atoms with Gasteiger partial charge in [-0.2, -0.15) is 28.2 Å². The zero-order valence-electron chi connectivity index (χ0n) is 13.7. The van der Waals surface area contributed by atoms with E-state index in [1.165, 1.54) is 7.11 Å². The molecule has 0 saturated carbocycles. The quantitative estimate of drug-likeness (QED) is 0.432. The van der Waals surface area contributed by atoms with Crippen LogP contribution in [0.4, 0.5) is 13.2 Å². The highest BCUT2D eigenvalue weighted by Gasteiger charge is 2.39. The predicted octanol–water partition coefficient (Wildman–Crippen LogP) is 3.82. The summed E-state index contributed by atoms with van der Waals surface area (Å²) in [6, 6.07) is 0.886. The molecule has 0 aromatic carbocycles. The van der Waals surface area contributed by atoms with Crippen LogP contribution in [0.3, 0.4) is 0 Å². The predicted molar refractivity (Wildman–Crippen MR) is 86.0 cm³/mol. The number of hydrogen-bond donors (Lipinski definition) is 0. The van der Waals surface area contributed by atoms with Gasteiger partial charge < -0.3 is 9.47 Å². The van der Waals surface area contributed by atoms with Crippen LogP contribution in [0.15, 0.2) is 0 Å². The summed E-state index contributed by atoms with van der Waals surface area (Å²) in [6.07, 6.45) is -4.67. The maximum atomic E-state index is 13.2. The van der Waals surface area contributed by atoms with Gasteiger partial charge in [-0.25, -0.2) is 4.68 Å². The monoisotopic (exact) mass is 382 g/mol. The molecule has 0 aliphatic heterocycles. The Hall–Kier alpha value is -1.39. The lowest BCUT2D eigenvalue weighted by Gasteiger charge is -2.15. The summed E-state index contributed by atoms with van der Waals surface area (Å²) in [7, 11) is -0.0905. The molecule has 0 N–H and O–H groups in total. The molecule has 0 spiro atoms. The molecule has 0 unspecified atom stereocenters. The molecule has 0 atom stereocenters. The zero-order chi connectivity index (χ0) is 18.1. The summed E-state index contributed by atoms with van der Waals surface area (Å²) in [5.74, 6) is -0.273. The molecule has 2 aromatic rings. The highest BCUT2D eigenvalue weighted by atomic mass is 35.5. The van der Waals surface area contributed by atoms with Gasteiger partial charge in [0.05, 0.1) is 7.11 Å². The van der Waals surface area contributed by atoms with Crippen molar-refractivity contribution in [2.24, 2.45) is 0 Å². The second-order valence-corrected chi connectivity index (χ2v) is 12.4. The van der Waals surface area contributed by atoms with Crippen LogP contribution in [0.5, 0.6) is 5.88 Å². The molecular weight excluding hydrogens is 365 g/mol. The number of fused-ring (bicyclic) bond motifs is 1. The maximum absolute atomic E-state index is 13.2. The average molecular weight is 383 g/mol. The molecule has 2 aromatic heterocycles. The van der Waals surface area contributed by atoms with Crippen molar-refractivity contribution in [1.82, 2.24) is 19.7 Å². The minimum atomic E-state index is -4.67. The molecule has 0 bridgehead atoms. The summed E-state index contributed by atoms with van der Waals surface area (Å²) in [5, 5.41) is 3.03. The van der Waals surface area contributed by atoms with E-state index in [1.54, 1.807) is 0 Å². The van der Waals surface area contributed by atoms with Crippen LogP contribution in [0.1, 0.15) is 5.69 Å². The van der Waals surface area contributed by atoms with Crippen molar-refractivity contribution < 1.29 is 22.6 Å². The summed E-state index contributed by atoms with van der Waals surface area (Å²) in [4.78, 5) is 7.53. The van der Waals surface area contributed by atoms with Gasteiger partial charge in [0.1, 0.15) is 12.1 Å². The number of ether oxygens (including phenoxy) is 2. The Morgan fingerprint density at radius 3 is 2.42 bits per heavy atom. The van der Waals surface area contributed by atoms with Crippen LogP contribution in [-0.2, 0) is 17.6 Å². The van der Waals surface area contributed by atoms with Crippen molar-refractivity contribution in [3.63, 3.8) is 0 Å². The van der Waals surface area contributed by atoms with Crippen molar-refractivity contribution in [1.29, 1.82) is 0 Å². The minimum Gasteiger partial charge on any atom is -0.480 e. The number of rotatable bonds is 6. The van der Waals surface area contributed by atoms with Gasteiger partial charge >= 0.3 is 6.18 Å². The highest BCUT2D eigenvalue weighted by molar-refractivity contribution is 6.76. The van der Waals surface area contributed by atoms with E-state index in [4.69, 9.17) is 21.1 Å². The van der Waals surface area contributed by atoms with Gasteiger partial charge in [-0.1, -0.05) is 19.6 Å². The lowest BCUT2D eigenvalue weighted by molar-refractivity contribution is -0.140. The van der Waals surface area contributed by atoms with Gasteiger partial charge in [0.25, 0.3) is 0 Å². The van der Waals surface area contributed by atoms with Gasteiger partial charge in [0.2, 0.25) is 11.2 Å². The van der Waals surface area contributed by atoms with E-state index in [1.807, 2.05) is 0 Å². The van der Waals surface area contributed by atoms with E-state index < -0.39 is 19.9 Å². The normalized spacial score (nSPS) is 12.8. The molecule has 0 radical (unpaired) electrons. The number of methoxy groups -OCH3 is 1. The van der Waals surface area contributed by atoms with Crippen LogP contribution in [-0.4, -0.2) is 41.5 Å². The number of alkyl halides is 3. The summed E-state index contributed by atoms with van der Waals surface area (Å²) in [5.41, 5.74) is -1.20. The average Bonchev–Trinajstić information content (AvgIpc) is 2.80. The summed E-state index contributed by atoms with van der Waals surface area (Å²) in [6.45, 7) is 6.82. The van der Waals surface area contributed by atoms with Crippen LogP contribution < -0.4 is 4.74 Å². The second-order valence-electron chi connectivity index (χ2n) is 6.39. The Bertz CT molecular complexity index is 731. The van der Waals surface area contributed by atoms with Crippen molar-refractivity contribution in [3.8, 4) is 5.88 Å². The second kappa shape index (κ2) is 6.85. The Labute approximate surface area is 142 Å². The Kier molecular flexibility index (Phi) is 5.40. The van der Waals surface area contributed by atoms with E-state index in [9.17, 15) is 13.2 Å². The Morgan fingerprint density at radius 1 is 1.21 bits per heavy atom. The zero-order valence-corrected chi connectivity index (χ0v) is 15.5. The SMILES string of the molecule is COc1nc(Cl)nc2c1c(C(F)(F)F)nn2COCC[Si](C)(C)C. The molecule has 11 heteroatoms. The Morgan fingerprint density at radius 2 is 1.88 bits per heavy atom. The summed E-state index contributed by atoms with van der Waals surface area (Å²) < 4.78 is 51.1. The van der Waals surface area contributed by atoms with E-state index >= 15 is 0 Å². The van der Waals surface area contributed by atoms with E-state index in [0.29, 0.717) is 6.61 Å². The lowest BCUT2D eigenvalue weighted by Crippen LogP contribution is -2.22. The van der Waals surface area contributed by atoms with Crippen molar-refractivity contribution in [2.45, 2.75) is 38.6 Å². The van der Waals surface area contributed by atoms with Gasteiger partial charge in [-0.15, -0.1) is 0 Å². The van der Waals surface area contributed by atoms with Crippen LogP contribution >= 0.6 is 11.6 Å². The molecule has 24 heavy (non-hydrogen) atoms. The number of nitrogens with zero attached hydrogens (tertiary/aromatic N) is 4. The standard InChI is InChI=1S/C13H18ClF3N4O2Si/c1-22-11-8-9(13(15,16)17)20-21(10(8)18-12(14)19-11)7-23-5-6-24(2,3)4/h5-7H2,1-4H3. The van der Waals surface area contributed by atoms with E-state index in [0.717, 1.165) is 10.7 Å². The molecule has 0 aliphatic carbocycles. The van der Waals surface area contributed by atoms with Crippen LogP contribution in [0, 0.1) is 0 Å². The fourth-order valence-electron chi connectivity index (χ4n) is 1.98. The molecule has 0 saturated heterocycles. The maximum Gasteiger partial charge on any atom is 0.436 e. The number of hydrogen-bond acceptors (Lipinski definition) is 5. The highest BCUT2D eigenvalue weighted by Crippen LogP contribution is 2.37. The van der Waals surface area contributed by atoms with E-state index in [2.05, 4.69) is 34.7 Å². The van der Waals surface area contributed by atoms with Crippen molar-refractivity contribution in [2.75, 3.05) is 13.7 Å². The van der Waals surface area contributed by atoms with Crippen molar-refractivity contribution >= 4 is 30.7 Å². The third-order valence-corrected chi connectivity index (χ3v) is 5.08. The molecule has 134 valence electrons. The fourth-order valence-corrected chi connectivity index (χ4v) is 2.89. The van der Waals surface area contributed by atoms with Gasteiger partial charge in [-0.3, -0.25) is 0 Å². The molecule has 0 aliphatic rings. The topological polar surface area (TPSA) is 62.1 Å².